The minimum Gasteiger partial charge on any atom is -0.194 e. The van der Waals surface area contributed by atoms with Gasteiger partial charge in [-0.1, -0.05) is 0 Å². The molecular weight excluding hydrogens is 217 g/mol. The van der Waals surface area contributed by atoms with E-state index in [0.29, 0.717) is 0 Å². The smallest absolute Gasteiger partial charge is 0.194 e. The predicted octanol–water partition coefficient (Wildman–Crippen LogP) is 2.72. The Morgan fingerprint density at radius 2 is 1.25 bits per heavy atom. The zero-order chi connectivity index (χ0) is 6.62. The maximum atomic E-state index is 4.74. The van der Waals surface area contributed by atoms with Gasteiger partial charge in [-0.2, -0.15) is 12.2 Å². The molecule has 0 aliphatic rings. The molecule has 0 aromatic rings. The predicted molar refractivity (Wildman–Crippen MR) is 35.1 cm³/mol. The van der Waals surface area contributed by atoms with Crippen molar-refractivity contribution in [3.05, 3.63) is 0 Å². The van der Waals surface area contributed by atoms with Crippen LogP contribution in [0.5, 0.6) is 0 Å². The fourth-order valence-electron chi connectivity index (χ4n) is 0.0319. The summed E-state index contributed by atoms with van der Waals surface area (Å²) in [6.45, 7) is -3.03. The summed E-state index contributed by atoms with van der Waals surface area (Å²) < 4.78 is 11.8. The Kier molecular flexibility index (Phi) is 5.00. The molecule has 0 atom stereocenters. The van der Waals surface area contributed by atoms with E-state index >= 15 is 0 Å². The molecule has 0 radical (unpaired) electrons. The second-order valence-electron chi connectivity index (χ2n) is 0.654. The summed E-state index contributed by atoms with van der Waals surface area (Å²) in [5.74, 6) is 0. The Labute approximate surface area is 66.5 Å². The highest BCUT2D eigenvalue weighted by atomic mass is 35.5. The highest BCUT2D eigenvalue weighted by Crippen LogP contribution is 2.53. The van der Waals surface area contributed by atoms with E-state index in [-0.39, 0.29) is 0 Å². The first-order chi connectivity index (χ1) is 3.68. The van der Waals surface area contributed by atoms with Crippen molar-refractivity contribution in [1.29, 1.82) is 0 Å². The standard InChI is InChI=1S/Cl3O3PS/c1-4-7(8,5-2)6-3. The molecule has 0 fully saturated rings. The summed E-state index contributed by atoms with van der Waals surface area (Å²) in [6.07, 6.45) is 0. The van der Waals surface area contributed by atoms with E-state index in [4.69, 9.17) is 35.6 Å². The van der Waals surface area contributed by atoms with Gasteiger partial charge in [0, 0.05) is 0 Å². The second kappa shape index (κ2) is 4.25. The fourth-order valence-corrected chi connectivity index (χ4v) is 0.862. The molecule has 0 amide bonds. The molecule has 8 heavy (non-hydrogen) atoms. The van der Waals surface area contributed by atoms with Crippen LogP contribution < -0.4 is 0 Å². The molecule has 0 bridgehead atoms. The van der Waals surface area contributed by atoms with Crippen LogP contribution in [0.4, 0.5) is 0 Å². The number of rotatable bonds is 3. The number of hydrogen-bond acceptors (Lipinski definition) is 4. The molecule has 0 heterocycles. The van der Waals surface area contributed by atoms with Crippen molar-refractivity contribution in [3.63, 3.8) is 0 Å². The first-order valence-electron chi connectivity index (χ1n) is 1.19. The molecule has 3 nitrogen and oxygen atoms in total. The number of hydrogen-bond donors (Lipinski definition) is 0. The van der Waals surface area contributed by atoms with E-state index in [1.807, 2.05) is 0 Å². The van der Waals surface area contributed by atoms with Gasteiger partial charge in [0.15, 0.2) is 0 Å². The summed E-state index contributed by atoms with van der Waals surface area (Å²) >= 11 is 18.6. The quantitative estimate of drug-likeness (QED) is 0.679. The second-order valence-corrected chi connectivity index (χ2v) is 4.55. The van der Waals surface area contributed by atoms with Crippen molar-refractivity contribution in [1.82, 2.24) is 0 Å². The van der Waals surface area contributed by atoms with Crippen LogP contribution in [0.2, 0.25) is 0 Å². The van der Waals surface area contributed by atoms with Crippen molar-refractivity contribution in [2.75, 3.05) is 0 Å². The first kappa shape index (κ1) is 9.40. The van der Waals surface area contributed by atoms with Gasteiger partial charge in [0.05, 0.1) is 35.6 Å². The highest BCUT2D eigenvalue weighted by Gasteiger charge is 2.19. The molecule has 0 aromatic carbocycles. The Hall–Kier alpha value is 1.40. The topological polar surface area (TPSA) is 27.7 Å². The van der Waals surface area contributed by atoms with Gasteiger partial charge < -0.3 is 0 Å². The maximum absolute atomic E-state index is 4.74. The Morgan fingerprint density at radius 1 is 1.00 bits per heavy atom. The van der Waals surface area contributed by atoms with Crippen LogP contribution in [0.15, 0.2) is 0 Å². The fraction of sp³-hybridized carbons (Fsp3) is 0. The lowest BCUT2D eigenvalue weighted by Gasteiger charge is -2.04. The van der Waals surface area contributed by atoms with E-state index in [0.717, 1.165) is 0 Å². The lowest BCUT2D eigenvalue weighted by Crippen LogP contribution is -1.76. The number of halogens is 3. The third-order valence-corrected chi connectivity index (χ3v) is 3.80. The van der Waals surface area contributed by atoms with Gasteiger partial charge in [-0.25, -0.2) is 0 Å². The Morgan fingerprint density at radius 3 is 1.25 bits per heavy atom. The molecule has 0 N–H and O–H groups in total. The van der Waals surface area contributed by atoms with Crippen LogP contribution in [-0.4, -0.2) is 0 Å². The molecular formula is Cl3O3PS. The third-order valence-electron chi connectivity index (χ3n) is 0.254. The van der Waals surface area contributed by atoms with Gasteiger partial charge in [0.1, 0.15) is 0 Å². The van der Waals surface area contributed by atoms with Gasteiger partial charge >= 0.3 is 6.72 Å². The molecule has 0 saturated heterocycles. The van der Waals surface area contributed by atoms with Crippen LogP contribution in [0, 0.1) is 0 Å². The monoisotopic (exact) mass is 216 g/mol. The van der Waals surface area contributed by atoms with Gasteiger partial charge in [-0.05, 0) is 11.8 Å². The lowest BCUT2D eigenvalue weighted by molar-refractivity contribution is 0.434. The zero-order valence-electron chi connectivity index (χ0n) is 3.21. The van der Waals surface area contributed by atoms with Crippen LogP contribution in [0.3, 0.4) is 0 Å². The minimum absolute atomic E-state index is 3.03. The summed E-state index contributed by atoms with van der Waals surface area (Å²) in [4.78, 5) is 0. The summed E-state index contributed by atoms with van der Waals surface area (Å²) in [5.41, 5.74) is 0. The molecule has 0 aliphatic carbocycles. The summed E-state index contributed by atoms with van der Waals surface area (Å²) in [7, 11) is 0. The molecule has 0 saturated carbocycles. The molecule has 0 aliphatic heterocycles. The van der Waals surface area contributed by atoms with Crippen LogP contribution in [0.25, 0.3) is 0 Å². The average molecular weight is 217 g/mol. The molecule has 0 spiro atoms. The Balaban J connectivity index is 3.79. The van der Waals surface area contributed by atoms with Crippen molar-refractivity contribution in [2.24, 2.45) is 0 Å². The van der Waals surface area contributed by atoms with Crippen molar-refractivity contribution >= 4 is 54.1 Å². The van der Waals surface area contributed by atoms with Crippen molar-refractivity contribution in [2.45, 2.75) is 0 Å². The van der Waals surface area contributed by atoms with Gasteiger partial charge in [0.2, 0.25) is 0 Å². The normalized spacial score (nSPS) is 11.9. The van der Waals surface area contributed by atoms with E-state index < -0.39 is 6.72 Å². The molecule has 0 unspecified atom stereocenters. The molecule has 0 aromatic heterocycles. The third kappa shape index (κ3) is 2.80. The van der Waals surface area contributed by atoms with E-state index in [9.17, 15) is 0 Å². The minimum atomic E-state index is -3.03. The van der Waals surface area contributed by atoms with E-state index in [1.54, 1.807) is 0 Å². The highest BCUT2D eigenvalue weighted by molar-refractivity contribution is 8.08. The van der Waals surface area contributed by atoms with Gasteiger partial charge in [-0.15, -0.1) is 0 Å². The lowest BCUT2D eigenvalue weighted by atomic mass is 15.8. The summed E-state index contributed by atoms with van der Waals surface area (Å²) in [5, 5.41) is 0. The van der Waals surface area contributed by atoms with Crippen LogP contribution in [-0.2, 0) is 24.0 Å². The van der Waals surface area contributed by atoms with Gasteiger partial charge in [0.25, 0.3) is 0 Å². The van der Waals surface area contributed by atoms with Crippen LogP contribution >= 0.6 is 42.3 Å². The van der Waals surface area contributed by atoms with Gasteiger partial charge in [-0.3, -0.25) is 0 Å². The molecule has 0 rings (SSSR count). The maximum Gasteiger partial charge on any atom is 0.377 e. The Bertz CT molecular complexity index is 85.7. The molecule has 50 valence electrons. The van der Waals surface area contributed by atoms with E-state index in [2.05, 4.69) is 24.0 Å². The first-order valence-corrected chi connectivity index (χ1v) is 4.68. The zero-order valence-corrected chi connectivity index (χ0v) is 7.19. The van der Waals surface area contributed by atoms with Crippen molar-refractivity contribution < 1.29 is 12.2 Å². The largest absolute Gasteiger partial charge is 0.377 e. The van der Waals surface area contributed by atoms with E-state index in [1.165, 1.54) is 0 Å². The molecule has 8 heteroatoms. The van der Waals surface area contributed by atoms with Crippen LogP contribution in [0.1, 0.15) is 0 Å². The summed E-state index contributed by atoms with van der Waals surface area (Å²) in [6, 6.07) is 0. The average Bonchev–Trinajstić information content (AvgIpc) is 1.87. The van der Waals surface area contributed by atoms with Crippen molar-refractivity contribution in [3.8, 4) is 0 Å². The SMILES string of the molecule is S=P(OCl)(OCl)OCl.